The molecule has 2 aromatic rings. The zero-order valence-corrected chi connectivity index (χ0v) is 16.5. The van der Waals surface area contributed by atoms with Gasteiger partial charge in [0.05, 0.1) is 0 Å². The predicted octanol–water partition coefficient (Wildman–Crippen LogP) is 4.38. The molecule has 0 bridgehead atoms. The van der Waals surface area contributed by atoms with Crippen LogP contribution in [0.3, 0.4) is 0 Å². The van der Waals surface area contributed by atoms with Gasteiger partial charge in [-0.3, -0.25) is 4.79 Å². The zero-order chi connectivity index (χ0) is 18.7. The average Bonchev–Trinajstić information content (AvgIpc) is 3.04. The number of fused-ring (bicyclic) bond motifs is 1. The van der Waals surface area contributed by atoms with Gasteiger partial charge < -0.3 is 9.88 Å². The highest BCUT2D eigenvalue weighted by Crippen LogP contribution is 2.35. The highest BCUT2D eigenvalue weighted by molar-refractivity contribution is 5.77. The number of aryl methyl sites for hydroxylation is 2. The normalized spacial score (nSPS) is 17.8. The third-order valence-corrected chi connectivity index (χ3v) is 5.38. The number of benzene rings is 1. The van der Waals surface area contributed by atoms with Crippen molar-refractivity contribution in [2.75, 3.05) is 6.54 Å². The summed E-state index contributed by atoms with van der Waals surface area (Å²) in [6.45, 7) is 9.36. The summed E-state index contributed by atoms with van der Waals surface area (Å²) in [5.41, 5.74) is 3.64. The first kappa shape index (κ1) is 18.7. The van der Waals surface area contributed by atoms with E-state index in [0.717, 1.165) is 13.0 Å². The molecular weight excluding hydrogens is 322 g/mol. The minimum Gasteiger partial charge on any atom is -0.356 e. The van der Waals surface area contributed by atoms with E-state index in [2.05, 4.69) is 61.8 Å². The van der Waals surface area contributed by atoms with E-state index in [1.807, 2.05) is 6.20 Å². The molecule has 3 rings (SSSR count). The molecular formula is C22H31N3O. The van der Waals surface area contributed by atoms with E-state index in [4.69, 9.17) is 4.98 Å². The lowest BCUT2D eigenvalue weighted by Gasteiger charge is -2.28. The molecule has 1 aromatic heterocycles. The summed E-state index contributed by atoms with van der Waals surface area (Å²) < 4.78 is 2.39. The van der Waals surface area contributed by atoms with Gasteiger partial charge in [-0.2, -0.15) is 0 Å². The maximum Gasteiger partial charge on any atom is 0.221 e. The molecule has 0 aliphatic carbocycles. The van der Waals surface area contributed by atoms with Crippen LogP contribution in [-0.4, -0.2) is 22.0 Å². The fraction of sp³-hybridized carbons (Fsp3) is 0.545. The molecule has 0 fully saturated rings. The number of nitrogens with zero attached hydrogens (tertiary/aromatic N) is 2. The summed E-state index contributed by atoms with van der Waals surface area (Å²) in [7, 11) is 0. The number of hydrogen-bond acceptors (Lipinski definition) is 2. The number of carbonyl (C=O) groups excluding carboxylic acids is 1. The van der Waals surface area contributed by atoms with Crippen LogP contribution < -0.4 is 5.32 Å². The van der Waals surface area contributed by atoms with Crippen molar-refractivity contribution in [2.24, 2.45) is 5.92 Å². The van der Waals surface area contributed by atoms with Crippen LogP contribution in [0.5, 0.6) is 0 Å². The first-order valence-corrected chi connectivity index (χ1v) is 9.85. The van der Waals surface area contributed by atoms with E-state index in [1.165, 1.54) is 35.5 Å². The Hall–Kier alpha value is -2.10. The molecule has 1 N–H and O–H groups in total. The van der Waals surface area contributed by atoms with Crippen molar-refractivity contribution in [3.8, 4) is 0 Å². The summed E-state index contributed by atoms with van der Waals surface area (Å²) in [5, 5.41) is 3.09. The van der Waals surface area contributed by atoms with Crippen molar-refractivity contribution in [1.82, 2.24) is 14.9 Å². The molecule has 1 aliphatic heterocycles. The van der Waals surface area contributed by atoms with Gasteiger partial charge in [0.25, 0.3) is 0 Å². The molecule has 0 saturated heterocycles. The van der Waals surface area contributed by atoms with Gasteiger partial charge in [0.2, 0.25) is 5.91 Å². The molecule has 2 heterocycles. The summed E-state index contributed by atoms with van der Waals surface area (Å²) in [4.78, 5) is 17.3. The standard InChI is InChI=1S/C22H31N3O/c1-15(2)13-24-22(26)12-19(18-10-6-5-8-16(18)3)20-14-23-21-11-7-9-17(4)25(20)21/h5-6,8,10,14-15,17,19H,7,9,11-13H2,1-4H3,(H,24,26)/t17-,19-/m1/s1. The summed E-state index contributed by atoms with van der Waals surface area (Å²) in [6, 6.07) is 8.86. The monoisotopic (exact) mass is 353 g/mol. The highest BCUT2D eigenvalue weighted by atomic mass is 16.1. The number of amides is 1. The maximum atomic E-state index is 12.6. The number of hydrogen-bond donors (Lipinski definition) is 1. The molecule has 2 atom stereocenters. The van der Waals surface area contributed by atoms with Crippen LogP contribution in [0.15, 0.2) is 30.5 Å². The first-order chi connectivity index (χ1) is 12.5. The smallest absolute Gasteiger partial charge is 0.221 e. The van der Waals surface area contributed by atoms with Gasteiger partial charge >= 0.3 is 0 Å². The van der Waals surface area contributed by atoms with Crippen molar-refractivity contribution in [3.05, 3.63) is 53.1 Å². The van der Waals surface area contributed by atoms with Crippen molar-refractivity contribution in [3.63, 3.8) is 0 Å². The number of carbonyl (C=O) groups is 1. The van der Waals surface area contributed by atoms with Crippen LogP contribution in [0.2, 0.25) is 0 Å². The summed E-state index contributed by atoms with van der Waals surface area (Å²) >= 11 is 0. The molecule has 0 radical (unpaired) electrons. The number of nitrogens with one attached hydrogen (secondary N) is 1. The quantitative estimate of drug-likeness (QED) is 0.837. The topological polar surface area (TPSA) is 46.9 Å². The van der Waals surface area contributed by atoms with Gasteiger partial charge in [0.15, 0.2) is 0 Å². The zero-order valence-electron chi connectivity index (χ0n) is 16.5. The van der Waals surface area contributed by atoms with Crippen LogP contribution in [-0.2, 0) is 11.2 Å². The molecule has 0 spiro atoms. The lowest BCUT2D eigenvalue weighted by atomic mass is 9.88. The van der Waals surface area contributed by atoms with Gasteiger partial charge in [-0.05, 0) is 43.7 Å². The molecule has 0 unspecified atom stereocenters. The number of rotatable bonds is 6. The molecule has 26 heavy (non-hydrogen) atoms. The molecule has 4 heteroatoms. The summed E-state index contributed by atoms with van der Waals surface area (Å²) in [5.74, 6) is 1.79. The number of imidazole rings is 1. The fourth-order valence-corrected chi connectivity index (χ4v) is 3.98. The Kier molecular flexibility index (Phi) is 5.80. The Morgan fingerprint density at radius 3 is 2.85 bits per heavy atom. The molecule has 1 aromatic carbocycles. The van der Waals surface area contributed by atoms with Crippen LogP contribution in [0.25, 0.3) is 0 Å². The maximum absolute atomic E-state index is 12.6. The second-order valence-electron chi connectivity index (χ2n) is 8.02. The van der Waals surface area contributed by atoms with Gasteiger partial charge in [-0.1, -0.05) is 38.1 Å². The highest BCUT2D eigenvalue weighted by Gasteiger charge is 2.28. The van der Waals surface area contributed by atoms with Crippen molar-refractivity contribution in [1.29, 1.82) is 0 Å². The Morgan fingerprint density at radius 2 is 2.12 bits per heavy atom. The van der Waals surface area contributed by atoms with Gasteiger partial charge in [-0.15, -0.1) is 0 Å². The summed E-state index contributed by atoms with van der Waals surface area (Å²) in [6.07, 6.45) is 5.88. The Balaban J connectivity index is 1.95. The molecule has 0 saturated carbocycles. The van der Waals surface area contributed by atoms with E-state index >= 15 is 0 Å². The SMILES string of the molecule is Cc1ccccc1[C@@H](CC(=O)NCC(C)C)c1cnc2n1[C@H](C)CCC2. The van der Waals surface area contributed by atoms with Crippen molar-refractivity contribution < 1.29 is 4.79 Å². The van der Waals surface area contributed by atoms with E-state index in [9.17, 15) is 4.79 Å². The second kappa shape index (κ2) is 8.07. The van der Waals surface area contributed by atoms with Gasteiger partial charge in [0.1, 0.15) is 5.82 Å². The minimum absolute atomic E-state index is 0.0464. The van der Waals surface area contributed by atoms with E-state index < -0.39 is 0 Å². The lowest BCUT2D eigenvalue weighted by Crippen LogP contribution is -2.30. The Labute approximate surface area is 157 Å². The van der Waals surface area contributed by atoms with Gasteiger partial charge in [0, 0.05) is 43.2 Å². The molecule has 140 valence electrons. The van der Waals surface area contributed by atoms with Crippen molar-refractivity contribution >= 4 is 5.91 Å². The van der Waals surface area contributed by atoms with Crippen LogP contribution >= 0.6 is 0 Å². The first-order valence-electron chi connectivity index (χ1n) is 9.85. The van der Waals surface area contributed by atoms with E-state index in [1.54, 1.807) is 0 Å². The number of aromatic nitrogens is 2. The fourth-order valence-electron chi connectivity index (χ4n) is 3.98. The average molecular weight is 354 g/mol. The minimum atomic E-state index is 0.0464. The van der Waals surface area contributed by atoms with Crippen LogP contribution in [0.4, 0.5) is 0 Å². The molecule has 1 aliphatic rings. The van der Waals surface area contributed by atoms with Crippen LogP contribution in [0.1, 0.15) is 74.6 Å². The van der Waals surface area contributed by atoms with Crippen LogP contribution in [0, 0.1) is 12.8 Å². The third-order valence-electron chi connectivity index (χ3n) is 5.38. The Morgan fingerprint density at radius 1 is 1.35 bits per heavy atom. The van der Waals surface area contributed by atoms with E-state index in [0.29, 0.717) is 18.4 Å². The van der Waals surface area contributed by atoms with E-state index in [-0.39, 0.29) is 11.8 Å². The van der Waals surface area contributed by atoms with Gasteiger partial charge in [-0.25, -0.2) is 4.98 Å². The lowest BCUT2D eigenvalue weighted by molar-refractivity contribution is -0.121. The van der Waals surface area contributed by atoms with Crippen molar-refractivity contribution in [2.45, 2.75) is 65.3 Å². The molecule has 4 nitrogen and oxygen atoms in total. The third kappa shape index (κ3) is 4.00. The second-order valence-corrected chi connectivity index (χ2v) is 8.02. The Bertz CT molecular complexity index is 762. The predicted molar refractivity (Wildman–Crippen MR) is 105 cm³/mol. The molecule has 1 amide bonds. The largest absolute Gasteiger partial charge is 0.356 e.